The third kappa shape index (κ3) is 1.85. The Balaban J connectivity index is 3.00. The van der Waals surface area contributed by atoms with Gasteiger partial charge in [0.2, 0.25) is 0 Å². The van der Waals surface area contributed by atoms with Gasteiger partial charge in [0.1, 0.15) is 0 Å². The fraction of sp³-hybridized carbons (Fsp3) is 0.143. The summed E-state index contributed by atoms with van der Waals surface area (Å²) in [5.41, 5.74) is 0.0762. The SMILES string of the molecule is [2H]OC(=O)C([2H])([2H])c1cccnc1. The molecule has 3 heteroatoms. The van der Waals surface area contributed by atoms with E-state index in [2.05, 4.69) is 10.1 Å². The number of carboxylic acid groups (broad SMARTS) is 1. The Hall–Kier alpha value is -1.38. The molecule has 0 unspecified atom stereocenters. The lowest BCUT2D eigenvalue weighted by Crippen LogP contribution is -1.99. The molecular weight excluding hydrogens is 130 g/mol. The van der Waals surface area contributed by atoms with Crippen LogP contribution in [-0.2, 0) is 11.2 Å². The molecule has 0 aromatic carbocycles. The minimum atomic E-state index is -2.31. The van der Waals surface area contributed by atoms with Crippen LogP contribution in [0.15, 0.2) is 24.5 Å². The second-order valence-corrected chi connectivity index (χ2v) is 1.65. The van der Waals surface area contributed by atoms with E-state index in [1.165, 1.54) is 24.5 Å². The summed E-state index contributed by atoms with van der Waals surface area (Å²) in [6.45, 7) is 0. The summed E-state index contributed by atoms with van der Waals surface area (Å²) in [5, 5.41) is 3.58. The maximum atomic E-state index is 10.8. The molecule has 1 heterocycles. The van der Waals surface area contributed by atoms with Gasteiger partial charge in [-0.05, 0) is 11.6 Å². The fourth-order valence-electron chi connectivity index (χ4n) is 0.555. The van der Waals surface area contributed by atoms with Gasteiger partial charge in [0.25, 0.3) is 1.43 Å². The summed E-state index contributed by atoms with van der Waals surface area (Å²) in [5.74, 6) is -1.25. The highest BCUT2D eigenvalue weighted by Crippen LogP contribution is 1.95. The Kier molecular flexibility index (Phi) is 1.10. The van der Waals surface area contributed by atoms with Gasteiger partial charge in [0.05, 0.1) is 6.37 Å². The van der Waals surface area contributed by atoms with E-state index < -0.39 is 12.3 Å². The number of hydrogen-bond acceptors (Lipinski definition) is 3. The van der Waals surface area contributed by atoms with Crippen molar-refractivity contribution in [1.82, 2.24) is 4.98 Å². The number of rotatable bonds is 2. The molecule has 0 radical (unpaired) electrons. The van der Waals surface area contributed by atoms with Crippen LogP contribution < -0.4 is 0 Å². The first-order chi connectivity index (χ1) is 6.09. The average molecular weight is 140 g/mol. The highest BCUT2D eigenvalue weighted by atomic mass is 16.4. The molecule has 3 nitrogen and oxygen atoms in total. The molecule has 0 aliphatic carbocycles. The zero-order chi connectivity index (χ0) is 9.90. The van der Waals surface area contributed by atoms with Gasteiger partial charge in [-0.3, -0.25) is 9.78 Å². The van der Waals surface area contributed by atoms with Crippen molar-refractivity contribution in [1.29, 1.82) is 1.43 Å². The summed E-state index contributed by atoms with van der Waals surface area (Å²) >= 11 is 0. The first kappa shape index (κ1) is 3.71. The largest absolute Gasteiger partial charge is 0.481 e. The van der Waals surface area contributed by atoms with Crippen LogP contribution in [0.25, 0.3) is 1.43 Å². The van der Waals surface area contributed by atoms with Crippen molar-refractivity contribution >= 4 is 5.97 Å². The van der Waals surface area contributed by atoms with Crippen LogP contribution >= 0.6 is 0 Å². The van der Waals surface area contributed by atoms with Gasteiger partial charge in [-0.25, -0.2) is 0 Å². The lowest BCUT2D eigenvalue weighted by Gasteiger charge is -1.91. The summed E-state index contributed by atoms with van der Waals surface area (Å²) in [6.07, 6.45) is 0.374. The fourth-order valence-corrected chi connectivity index (χ4v) is 0.555. The molecular formula is C7H7NO2. The second-order valence-electron chi connectivity index (χ2n) is 1.65. The normalized spacial score (nSPS) is 14.6. The number of nitrogens with zero attached hydrogens (tertiary/aromatic N) is 1. The smallest absolute Gasteiger partial charge is 0.307 e. The second kappa shape index (κ2) is 2.96. The molecule has 0 amide bonds. The summed E-state index contributed by atoms with van der Waals surface area (Å²) < 4.78 is 20.9. The van der Waals surface area contributed by atoms with Crippen LogP contribution in [0.1, 0.15) is 8.30 Å². The van der Waals surface area contributed by atoms with Gasteiger partial charge < -0.3 is 5.11 Å². The first-order valence-electron chi connectivity index (χ1n) is 4.08. The van der Waals surface area contributed by atoms with Crippen LogP contribution in [0, 0.1) is 0 Å². The standard InChI is InChI=1S/C7H7NO2/c9-7(10)4-6-2-1-3-8-5-6/h1-3,5H,4H2,(H,9,10)/i4D2/hD. The Labute approximate surface area is 62.6 Å². The molecule has 0 bridgehead atoms. The molecule has 1 aromatic rings. The Morgan fingerprint density at radius 3 is 3.50 bits per heavy atom. The van der Waals surface area contributed by atoms with E-state index in [9.17, 15) is 4.79 Å². The summed E-state index contributed by atoms with van der Waals surface area (Å²) in [4.78, 5) is 14.5. The summed E-state index contributed by atoms with van der Waals surface area (Å²) in [7, 11) is 0. The minimum Gasteiger partial charge on any atom is -0.481 e. The van der Waals surface area contributed by atoms with Crippen LogP contribution in [0.3, 0.4) is 0 Å². The van der Waals surface area contributed by atoms with Gasteiger partial charge in [0, 0.05) is 15.1 Å². The zero-order valence-electron chi connectivity index (χ0n) is 8.07. The molecule has 0 aliphatic heterocycles. The van der Waals surface area contributed by atoms with Crippen molar-refractivity contribution < 1.29 is 12.6 Å². The first-order valence-corrected chi connectivity index (χ1v) is 2.67. The van der Waals surface area contributed by atoms with E-state index in [0.717, 1.165) is 0 Å². The van der Waals surface area contributed by atoms with Crippen molar-refractivity contribution in [3.8, 4) is 0 Å². The Bertz CT molecular complexity index is 302. The number of carbonyl (C=O) groups is 1. The maximum Gasteiger partial charge on any atom is 0.307 e. The molecule has 0 fully saturated rings. The van der Waals surface area contributed by atoms with Gasteiger partial charge in [-0.15, -0.1) is 0 Å². The third-order valence-electron chi connectivity index (χ3n) is 0.908. The maximum absolute atomic E-state index is 10.8. The van der Waals surface area contributed by atoms with E-state index in [4.69, 9.17) is 4.17 Å². The molecule has 0 saturated carbocycles. The molecule has 52 valence electrons. The molecule has 1 aromatic heterocycles. The van der Waals surface area contributed by atoms with Gasteiger partial charge in [-0.2, -0.15) is 0 Å². The van der Waals surface area contributed by atoms with Gasteiger partial charge in [-0.1, -0.05) is 6.07 Å². The van der Waals surface area contributed by atoms with Crippen LogP contribution in [0.2, 0.25) is 0 Å². The van der Waals surface area contributed by atoms with Crippen molar-refractivity contribution in [2.75, 3.05) is 0 Å². The van der Waals surface area contributed by atoms with E-state index in [-0.39, 0.29) is 5.56 Å². The molecule has 1 N–H and O–H groups in total. The van der Waals surface area contributed by atoms with E-state index in [1.807, 2.05) is 0 Å². The molecule has 1 rings (SSSR count). The van der Waals surface area contributed by atoms with Gasteiger partial charge in [0.15, 0.2) is 0 Å². The van der Waals surface area contributed by atoms with E-state index in [0.29, 0.717) is 0 Å². The quantitative estimate of drug-likeness (QED) is 0.658. The highest BCUT2D eigenvalue weighted by molar-refractivity contribution is 5.69. The Morgan fingerprint density at radius 2 is 2.90 bits per heavy atom. The topological polar surface area (TPSA) is 50.2 Å². The molecule has 0 spiro atoms. The zero-order valence-corrected chi connectivity index (χ0v) is 5.07. The highest BCUT2D eigenvalue weighted by Gasteiger charge is 1.97. The van der Waals surface area contributed by atoms with Crippen molar-refractivity contribution in [3.05, 3.63) is 30.1 Å². The van der Waals surface area contributed by atoms with Crippen molar-refractivity contribution in [2.45, 2.75) is 6.37 Å². The minimum absolute atomic E-state index is 0.0762. The number of aromatic nitrogens is 1. The monoisotopic (exact) mass is 140 g/mol. The number of aliphatic carboxylic acids is 1. The third-order valence-corrected chi connectivity index (χ3v) is 0.908. The lowest BCUT2D eigenvalue weighted by molar-refractivity contribution is -0.136. The van der Waals surface area contributed by atoms with Crippen molar-refractivity contribution in [2.24, 2.45) is 0 Å². The van der Waals surface area contributed by atoms with E-state index >= 15 is 0 Å². The molecule has 0 aliphatic rings. The molecule has 10 heavy (non-hydrogen) atoms. The number of hydrogen-bond donors (Lipinski definition) is 1. The summed E-state index contributed by atoms with van der Waals surface area (Å²) in [6, 6.07) is 2.91. The average Bonchev–Trinajstić information content (AvgIpc) is 2.18. The molecule has 0 atom stereocenters. The van der Waals surface area contributed by atoms with E-state index in [1.54, 1.807) is 0 Å². The van der Waals surface area contributed by atoms with Crippen LogP contribution in [-0.4, -0.2) is 16.1 Å². The molecule has 0 saturated heterocycles. The number of carboxylic acids is 1. The van der Waals surface area contributed by atoms with Crippen LogP contribution in [0.5, 0.6) is 0 Å². The predicted octanol–water partition coefficient (Wildman–Crippen LogP) is 0.709. The van der Waals surface area contributed by atoms with Crippen molar-refractivity contribution in [3.63, 3.8) is 0 Å². The lowest BCUT2D eigenvalue weighted by atomic mass is 10.2. The predicted molar refractivity (Wildman–Crippen MR) is 35.6 cm³/mol. The van der Waals surface area contributed by atoms with Gasteiger partial charge >= 0.3 is 5.97 Å². The number of pyridine rings is 1. The Morgan fingerprint density at radius 1 is 2.00 bits per heavy atom. The van der Waals surface area contributed by atoms with Crippen LogP contribution in [0.4, 0.5) is 0 Å².